The van der Waals surface area contributed by atoms with Crippen molar-refractivity contribution in [2.75, 3.05) is 5.32 Å². The van der Waals surface area contributed by atoms with Gasteiger partial charge in [0.25, 0.3) is 0 Å². The van der Waals surface area contributed by atoms with Gasteiger partial charge in [0.15, 0.2) is 0 Å². The van der Waals surface area contributed by atoms with Gasteiger partial charge in [-0.3, -0.25) is 0 Å². The standard InChI is InChI=1S/C11H14N4S/c1-7-10(16-9(3)14-7)8(2)15-11-12-5-4-6-13-11/h4-6,8H,1-3H3,(H,12,13,15). The molecule has 1 atom stereocenters. The van der Waals surface area contributed by atoms with Crippen molar-refractivity contribution in [2.24, 2.45) is 0 Å². The zero-order valence-corrected chi connectivity index (χ0v) is 10.4. The van der Waals surface area contributed by atoms with E-state index in [2.05, 4.69) is 27.2 Å². The van der Waals surface area contributed by atoms with Crippen LogP contribution in [0.1, 0.15) is 28.5 Å². The van der Waals surface area contributed by atoms with Crippen molar-refractivity contribution >= 4 is 17.3 Å². The molecule has 5 heteroatoms. The van der Waals surface area contributed by atoms with E-state index in [0.29, 0.717) is 5.95 Å². The third-order valence-electron chi connectivity index (χ3n) is 2.24. The lowest BCUT2D eigenvalue weighted by Gasteiger charge is -2.11. The fraction of sp³-hybridized carbons (Fsp3) is 0.364. The van der Waals surface area contributed by atoms with E-state index in [1.165, 1.54) is 4.88 Å². The average molecular weight is 234 g/mol. The summed E-state index contributed by atoms with van der Waals surface area (Å²) in [5.74, 6) is 0.653. The number of hydrogen-bond donors (Lipinski definition) is 1. The lowest BCUT2D eigenvalue weighted by atomic mass is 10.2. The van der Waals surface area contributed by atoms with E-state index in [4.69, 9.17) is 0 Å². The maximum absolute atomic E-state index is 4.41. The second-order valence-electron chi connectivity index (χ2n) is 3.62. The van der Waals surface area contributed by atoms with E-state index < -0.39 is 0 Å². The lowest BCUT2D eigenvalue weighted by molar-refractivity contribution is 0.865. The van der Waals surface area contributed by atoms with E-state index in [0.717, 1.165) is 10.7 Å². The number of rotatable bonds is 3. The largest absolute Gasteiger partial charge is 0.347 e. The molecule has 84 valence electrons. The highest BCUT2D eigenvalue weighted by molar-refractivity contribution is 7.11. The van der Waals surface area contributed by atoms with Crippen LogP contribution in [0.15, 0.2) is 18.5 Å². The van der Waals surface area contributed by atoms with E-state index in [1.54, 1.807) is 29.8 Å². The van der Waals surface area contributed by atoms with Crippen molar-refractivity contribution in [3.63, 3.8) is 0 Å². The summed E-state index contributed by atoms with van der Waals surface area (Å²) in [6, 6.07) is 1.99. The third-order valence-corrected chi connectivity index (χ3v) is 3.50. The van der Waals surface area contributed by atoms with Gasteiger partial charge in [0.2, 0.25) is 5.95 Å². The topological polar surface area (TPSA) is 50.7 Å². The molecule has 2 rings (SSSR count). The van der Waals surface area contributed by atoms with Gasteiger partial charge in [-0.25, -0.2) is 15.0 Å². The van der Waals surface area contributed by atoms with Crippen LogP contribution in [-0.4, -0.2) is 15.0 Å². The van der Waals surface area contributed by atoms with Crippen molar-refractivity contribution in [3.8, 4) is 0 Å². The van der Waals surface area contributed by atoms with Gasteiger partial charge in [-0.15, -0.1) is 11.3 Å². The van der Waals surface area contributed by atoms with Crippen LogP contribution in [0.4, 0.5) is 5.95 Å². The zero-order valence-electron chi connectivity index (χ0n) is 9.56. The van der Waals surface area contributed by atoms with Crippen LogP contribution in [0, 0.1) is 13.8 Å². The Bertz CT molecular complexity index is 466. The van der Waals surface area contributed by atoms with Crippen molar-refractivity contribution in [1.82, 2.24) is 15.0 Å². The third kappa shape index (κ3) is 2.36. The lowest BCUT2D eigenvalue weighted by Crippen LogP contribution is -2.08. The van der Waals surface area contributed by atoms with Crippen LogP contribution in [0.3, 0.4) is 0 Å². The predicted molar refractivity (Wildman–Crippen MR) is 65.7 cm³/mol. The predicted octanol–water partition coefficient (Wildman–Crippen LogP) is 2.72. The van der Waals surface area contributed by atoms with Crippen molar-refractivity contribution in [3.05, 3.63) is 34.0 Å². The van der Waals surface area contributed by atoms with Gasteiger partial charge < -0.3 is 5.32 Å². The van der Waals surface area contributed by atoms with Crippen LogP contribution in [-0.2, 0) is 0 Å². The summed E-state index contributed by atoms with van der Waals surface area (Å²) in [5.41, 5.74) is 1.08. The van der Waals surface area contributed by atoms with Gasteiger partial charge in [-0.1, -0.05) is 0 Å². The van der Waals surface area contributed by atoms with Crippen LogP contribution >= 0.6 is 11.3 Å². The summed E-state index contributed by atoms with van der Waals surface area (Å²) in [7, 11) is 0. The fourth-order valence-corrected chi connectivity index (χ4v) is 2.51. The molecule has 0 saturated carbocycles. The summed E-state index contributed by atoms with van der Waals surface area (Å²) in [6.07, 6.45) is 3.46. The second-order valence-corrected chi connectivity index (χ2v) is 4.86. The molecule has 0 bridgehead atoms. The molecule has 2 aromatic rings. The van der Waals surface area contributed by atoms with Gasteiger partial charge in [0.1, 0.15) is 0 Å². The molecular formula is C11H14N4S. The van der Waals surface area contributed by atoms with E-state index in [1.807, 2.05) is 13.8 Å². The zero-order chi connectivity index (χ0) is 11.5. The van der Waals surface area contributed by atoms with Gasteiger partial charge in [-0.05, 0) is 26.8 Å². The van der Waals surface area contributed by atoms with Gasteiger partial charge in [0, 0.05) is 17.3 Å². The monoisotopic (exact) mass is 234 g/mol. The van der Waals surface area contributed by atoms with Crippen LogP contribution in [0.5, 0.6) is 0 Å². The Balaban J connectivity index is 2.14. The first-order valence-electron chi connectivity index (χ1n) is 5.14. The summed E-state index contributed by atoms with van der Waals surface area (Å²) < 4.78 is 0. The Labute approximate surface area is 98.8 Å². The molecule has 1 N–H and O–H groups in total. The molecule has 0 spiro atoms. The molecule has 0 fully saturated rings. The molecule has 0 radical (unpaired) electrons. The SMILES string of the molecule is Cc1nc(C)c(C(C)Nc2ncccn2)s1. The molecule has 16 heavy (non-hydrogen) atoms. The van der Waals surface area contributed by atoms with Crippen LogP contribution in [0.2, 0.25) is 0 Å². The highest BCUT2D eigenvalue weighted by Gasteiger charge is 2.13. The molecule has 0 aromatic carbocycles. The molecule has 1 unspecified atom stereocenters. The normalized spacial score (nSPS) is 12.4. The fourth-order valence-electron chi connectivity index (χ4n) is 1.58. The highest BCUT2D eigenvalue weighted by atomic mass is 32.1. The maximum Gasteiger partial charge on any atom is 0.223 e. The minimum atomic E-state index is 0.189. The first-order valence-corrected chi connectivity index (χ1v) is 5.96. The number of aryl methyl sites for hydroxylation is 2. The smallest absolute Gasteiger partial charge is 0.223 e. The summed E-state index contributed by atoms with van der Waals surface area (Å²) >= 11 is 1.71. The number of aromatic nitrogens is 3. The molecule has 0 aliphatic carbocycles. The first-order chi connectivity index (χ1) is 7.66. The molecule has 0 saturated heterocycles. The van der Waals surface area contributed by atoms with Crippen LogP contribution < -0.4 is 5.32 Å². The minimum Gasteiger partial charge on any atom is -0.347 e. The van der Waals surface area contributed by atoms with E-state index in [9.17, 15) is 0 Å². The summed E-state index contributed by atoms with van der Waals surface area (Å²) in [4.78, 5) is 13.9. The van der Waals surface area contributed by atoms with Crippen molar-refractivity contribution < 1.29 is 0 Å². The minimum absolute atomic E-state index is 0.189. The van der Waals surface area contributed by atoms with Gasteiger partial charge in [0.05, 0.1) is 16.7 Å². The Morgan fingerprint density at radius 2 is 1.94 bits per heavy atom. The van der Waals surface area contributed by atoms with Crippen molar-refractivity contribution in [2.45, 2.75) is 26.8 Å². The highest BCUT2D eigenvalue weighted by Crippen LogP contribution is 2.26. The van der Waals surface area contributed by atoms with E-state index >= 15 is 0 Å². The number of nitrogens with one attached hydrogen (secondary N) is 1. The number of anilines is 1. The Morgan fingerprint density at radius 3 is 2.50 bits per heavy atom. The Hall–Kier alpha value is -1.49. The molecule has 2 aromatic heterocycles. The molecule has 0 amide bonds. The Kier molecular flexibility index (Phi) is 3.14. The first kappa shape index (κ1) is 11.0. The second kappa shape index (κ2) is 4.57. The average Bonchev–Trinajstić information content (AvgIpc) is 2.59. The summed E-state index contributed by atoms with van der Waals surface area (Å²) in [5, 5.41) is 4.35. The maximum atomic E-state index is 4.41. The van der Waals surface area contributed by atoms with E-state index in [-0.39, 0.29) is 6.04 Å². The molecule has 0 aliphatic rings. The number of hydrogen-bond acceptors (Lipinski definition) is 5. The molecule has 2 heterocycles. The Morgan fingerprint density at radius 1 is 1.25 bits per heavy atom. The summed E-state index contributed by atoms with van der Waals surface area (Å²) in [6.45, 7) is 6.14. The van der Waals surface area contributed by atoms with Crippen molar-refractivity contribution in [1.29, 1.82) is 0 Å². The number of thiazole rings is 1. The molecular weight excluding hydrogens is 220 g/mol. The molecule has 0 aliphatic heterocycles. The van der Waals surface area contributed by atoms with Gasteiger partial charge in [-0.2, -0.15) is 0 Å². The van der Waals surface area contributed by atoms with Gasteiger partial charge >= 0.3 is 0 Å². The molecule has 4 nitrogen and oxygen atoms in total. The van der Waals surface area contributed by atoms with Crippen LogP contribution in [0.25, 0.3) is 0 Å². The quantitative estimate of drug-likeness (QED) is 0.887. The number of nitrogens with zero attached hydrogens (tertiary/aromatic N) is 3.